The van der Waals surface area contributed by atoms with Crippen LogP contribution in [-0.4, -0.2) is 25.2 Å². The van der Waals surface area contributed by atoms with Gasteiger partial charge in [0.1, 0.15) is 0 Å². The van der Waals surface area contributed by atoms with Crippen LogP contribution in [0.5, 0.6) is 0 Å². The van der Waals surface area contributed by atoms with E-state index in [-0.39, 0.29) is 11.9 Å². The lowest BCUT2D eigenvalue weighted by atomic mass is 10.1. The van der Waals surface area contributed by atoms with Gasteiger partial charge in [-0.2, -0.15) is 0 Å². The standard InChI is InChI=1S/C27H43ClO4/c1-2-3-4-5-8-11-14-22-31-26(29)15-12-9-6-7-10-13-16-27(30)32-23-21-24-17-19-25(28)20-18-24/h17-20H,2-16,21-23H2,1H3. The molecule has 0 radical (unpaired) electrons. The molecule has 0 N–H and O–H groups in total. The molecule has 0 aliphatic heterocycles. The first-order chi connectivity index (χ1) is 15.6. The molecule has 0 spiro atoms. The maximum Gasteiger partial charge on any atom is 0.305 e. The van der Waals surface area contributed by atoms with E-state index in [0.717, 1.165) is 56.9 Å². The van der Waals surface area contributed by atoms with Gasteiger partial charge >= 0.3 is 11.9 Å². The van der Waals surface area contributed by atoms with Crippen LogP contribution in [-0.2, 0) is 25.5 Å². The second-order valence-corrected chi connectivity index (χ2v) is 9.00. The molecule has 1 aromatic rings. The van der Waals surface area contributed by atoms with E-state index in [2.05, 4.69) is 6.92 Å². The summed E-state index contributed by atoms with van der Waals surface area (Å²) in [6.07, 6.45) is 16.3. The average Bonchev–Trinajstić information content (AvgIpc) is 2.78. The molecular weight excluding hydrogens is 424 g/mol. The molecule has 1 rings (SSSR count). The zero-order valence-electron chi connectivity index (χ0n) is 20.0. The third-order valence-corrected chi connectivity index (χ3v) is 5.84. The predicted molar refractivity (Wildman–Crippen MR) is 132 cm³/mol. The van der Waals surface area contributed by atoms with Crippen LogP contribution in [0.4, 0.5) is 0 Å². The maximum atomic E-state index is 11.8. The normalized spacial score (nSPS) is 10.8. The van der Waals surface area contributed by atoms with E-state index in [1.54, 1.807) is 0 Å². The molecule has 0 unspecified atom stereocenters. The summed E-state index contributed by atoms with van der Waals surface area (Å²) in [6.45, 7) is 3.21. The van der Waals surface area contributed by atoms with Crippen molar-refractivity contribution in [1.29, 1.82) is 0 Å². The molecule has 4 nitrogen and oxygen atoms in total. The van der Waals surface area contributed by atoms with Crippen LogP contribution >= 0.6 is 11.6 Å². The molecule has 0 heterocycles. The summed E-state index contributed by atoms with van der Waals surface area (Å²) in [7, 11) is 0. The lowest BCUT2D eigenvalue weighted by Gasteiger charge is -2.06. The van der Waals surface area contributed by atoms with Crippen molar-refractivity contribution >= 4 is 23.5 Å². The topological polar surface area (TPSA) is 52.6 Å². The average molecular weight is 467 g/mol. The molecule has 0 aromatic heterocycles. The fourth-order valence-electron chi connectivity index (χ4n) is 3.57. The van der Waals surface area contributed by atoms with Crippen molar-refractivity contribution in [3.8, 4) is 0 Å². The minimum atomic E-state index is -0.123. The third kappa shape index (κ3) is 17.1. The number of hydrogen-bond donors (Lipinski definition) is 0. The summed E-state index contributed by atoms with van der Waals surface area (Å²) in [5, 5.41) is 0.712. The smallest absolute Gasteiger partial charge is 0.305 e. The minimum Gasteiger partial charge on any atom is -0.466 e. The fraction of sp³-hybridized carbons (Fsp3) is 0.704. The summed E-state index contributed by atoms with van der Waals surface area (Å²) >= 11 is 5.86. The van der Waals surface area contributed by atoms with Gasteiger partial charge < -0.3 is 9.47 Å². The monoisotopic (exact) mass is 466 g/mol. The zero-order chi connectivity index (χ0) is 23.3. The number of esters is 2. The van der Waals surface area contributed by atoms with Crippen molar-refractivity contribution in [1.82, 2.24) is 0 Å². The van der Waals surface area contributed by atoms with E-state index in [4.69, 9.17) is 21.1 Å². The summed E-state index contributed by atoms with van der Waals surface area (Å²) in [4.78, 5) is 23.5. The van der Waals surface area contributed by atoms with E-state index in [1.165, 1.54) is 32.1 Å². The van der Waals surface area contributed by atoms with Crippen LogP contribution in [0, 0.1) is 0 Å². The number of benzene rings is 1. The first-order valence-electron chi connectivity index (χ1n) is 12.7. The Morgan fingerprint density at radius 3 is 1.69 bits per heavy atom. The molecule has 0 bridgehead atoms. The SMILES string of the molecule is CCCCCCCCCOC(=O)CCCCCCCCC(=O)OCCc1ccc(Cl)cc1. The second kappa shape index (κ2) is 20.1. The predicted octanol–water partition coefficient (Wildman–Crippen LogP) is 7.84. The minimum absolute atomic E-state index is 0.0580. The first-order valence-corrected chi connectivity index (χ1v) is 13.0. The van der Waals surface area contributed by atoms with Crippen molar-refractivity contribution in [2.75, 3.05) is 13.2 Å². The summed E-state index contributed by atoms with van der Waals surface area (Å²) in [5.74, 6) is -0.181. The van der Waals surface area contributed by atoms with Crippen molar-refractivity contribution < 1.29 is 19.1 Å². The number of rotatable bonds is 20. The molecule has 0 amide bonds. The Balaban J connectivity index is 1.83. The van der Waals surface area contributed by atoms with E-state index in [9.17, 15) is 9.59 Å². The quantitative estimate of drug-likeness (QED) is 0.145. The lowest BCUT2D eigenvalue weighted by molar-refractivity contribution is -0.144. The summed E-state index contributed by atoms with van der Waals surface area (Å²) in [5.41, 5.74) is 1.11. The second-order valence-electron chi connectivity index (χ2n) is 8.56. The molecule has 0 saturated carbocycles. The summed E-state index contributed by atoms with van der Waals surface area (Å²) in [6, 6.07) is 7.59. The van der Waals surface area contributed by atoms with Crippen LogP contribution in [0.1, 0.15) is 109 Å². The summed E-state index contributed by atoms with van der Waals surface area (Å²) < 4.78 is 10.6. The van der Waals surface area contributed by atoms with Crippen molar-refractivity contribution in [3.63, 3.8) is 0 Å². The largest absolute Gasteiger partial charge is 0.466 e. The van der Waals surface area contributed by atoms with E-state index in [0.29, 0.717) is 37.5 Å². The number of carbonyl (C=O) groups excluding carboxylic acids is 2. The zero-order valence-corrected chi connectivity index (χ0v) is 20.8. The van der Waals surface area contributed by atoms with Crippen LogP contribution < -0.4 is 0 Å². The van der Waals surface area contributed by atoms with Gasteiger partial charge in [-0.15, -0.1) is 0 Å². The van der Waals surface area contributed by atoms with Gasteiger partial charge in [0.05, 0.1) is 13.2 Å². The van der Waals surface area contributed by atoms with Gasteiger partial charge in [0.25, 0.3) is 0 Å². The Hall–Kier alpha value is -1.55. The molecule has 1 aromatic carbocycles. The van der Waals surface area contributed by atoms with Crippen molar-refractivity contribution in [3.05, 3.63) is 34.9 Å². The Bertz CT molecular complexity index is 600. The molecule has 0 aliphatic carbocycles. The van der Waals surface area contributed by atoms with Crippen molar-refractivity contribution in [2.24, 2.45) is 0 Å². The Labute approximate surface area is 200 Å². The molecule has 0 fully saturated rings. The Morgan fingerprint density at radius 2 is 1.12 bits per heavy atom. The van der Waals surface area contributed by atoms with Gasteiger partial charge in [-0.05, 0) is 37.0 Å². The highest BCUT2D eigenvalue weighted by atomic mass is 35.5. The number of hydrogen-bond acceptors (Lipinski definition) is 4. The third-order valence-electron chi connectivity index (χ3n) is 5.59. The van der Waals surface area contributed by atoms with Gasteiger partial charge in [-0.1, -0.05) is 94.9 Å². The lowest BCUT2D eigenvalue weighted by Crippen LogP contribution is -2.07. The maximum absolute atomic E-state index is 11.8. The van der Waals surface area contributed by atoms with Gasteiger partial charge in [0.15, 0.2) is 0 Å². The highest BCUT2D eigenvalue weighted by Gasteiger charge is 2.05. The van der Waals surface area contributed by atoms with Crippen LogP contribution in [0.3, 0.4) is 0 Å². The van der Waals surface area contributed by atoms with E-state index in [1.807, 2.05) is 24.3 Å². The number of unbranched alkanes of at least 4 members (excludes halogenated alkanes) is 11. The number of ether oxygens (including phenoxy) is 2. The molecular formula is C27H43ClO4. The molecule has 0 atom stereocenters. The van der Waals surface area contributed by atoms with Crippen LogP contribution in [0.2, 0.25) is 5.02 Å². The van der Waals surface area contributed by atoms with Crippen molar-refractivity contribution in [2.45, 2.75) is 110 Å². The first kappa shape index (κ1) is 28.5. The van der Waals surface area contributed by atoms with Crippen LogP contribution in [0.15, 0.2) is 24.3 Å². The number of halogens is 1. The van der Waals surface area contributed by atoms with Gasteiger partial charge in [-0.3, -0.25) is 9.59 Å². The Kier molecular flexibility index (Phi) is 17.9. The Morgan fingerprint density at radius 1 is 0.656 bits per heavy atom. The molecule has 0 aliphatic rings. The highest BCUT2D eigenvalue weighted by Crippen LogP contribution is 2.12. The highest BCUT2D eigenvalue weighted by molar-refractivity contribution is 6.30. The number of carbonyl (C=O) groups is 2. The molecule has 0 saturated heterocycles. The van der Waals surface area contributed by atoms with Gasteiger partial charge in [0.2, 0.25) is 0 Å². The molecule has 32 heavy (non-hydrogen) atoms. The molecule has 5 heteroatoms. The van der Waals surface area contributed by atoms with E-state index < -0.39 is 0 Å². The fourth-order valence-corrected chi connectivity index (χ4v) is 3.70. The van der Waals surface area contributed by atoms with Gasteiger partial charge in [-0.25, -0.2) is 0 Å². The van der Waals surface area contributed by atoms with E-state index >= 15 is 0 Å². The van der Waals surface area contributed by atoms with Gasteiger partial charge in [0, 0.05) is 24.3 Å². The van der Waals surface area contributed by atoms with Crippen LogP contribution in [0.25, 0.3) is 0 Å². The molecule has 182 valence electrons.